The Balaban J connectivity index is 3.36. The van der Waals surface area contributed by atoms with Gasteiger partial charge < -0.3 is 0 Å². The average molecular weight is 310 g/mol. The molecular formula is C12H17Cl2NO2S. The van der Waals surface area contributed by atoms with Crippen molar-refractivity contribution in [2.45, 2.75) is 44.7 Å². The molecule has 0 aliphatic carbocycles. The zero-order chi connectivity index (χ0) is 14.1. The first-order valence-electron chi connectivity index (χ1n) is 5.66. The smallest absolute Gasteiger partial charge is 0.207 e. The second-order valence-corrected chi connectivity index (χ2v) is 7.25. The summed E-state index contributed by atoms with van der Waals surface area (Å²) in [4.78, 5) is 0.0935. The molecular weight excluding hydrogens is 293 g/mol. The first kappa shape index (κ1) is 15.8. The number of halogens is 2. The van der Waals surface area contributed by atoms with Crippen molar-refractivity contribution < 1.29 is 8.42 Å². The van der Waals surface area contributed by atoms with Crippen LogP contribution in [0.2, 0.25) is 10.0 Å². The highest BCUT2D eigenvalue weighted by molar-refractivity contribution is 7.89. The molecule has 0 spiro atoms. The summed E-state index contributed by atoms with van der Waals surface area (Å²) in [5.74, 6) is 0. The van der Waals surface area contributed by atoms with Gasteiger partial charge in [0.25, 0.3) is 0 Å². The largest absolute Gasteiger partial charge is 0.245 e. The summed E-state index contributed by atoms with van der Waals surface area (Å²) in [6, 6.07) is 4.13. The highest BCUT2D eigenvalue weighted by Crippen LogP contribution is 2.29. The molecule has 0 heterocycles. The van der Waals surface area contributed by atoms with Crippen molar-refractivity contribution in [3.63, 3.8) is 0 Å². The quantitative estimate of drug-likeness (QED) is 0.848. The van der Waals surface area contributed by atoms with Crippen molar-refractivity contribution in [3.8, 4) is 0 Å². The van der Waals surface area contributed by atoms with Crippen LogP contribution in [0.1, 0.15) is 27.7 Å². The molecule has 1 aromatic rings. The van der Waals surface area contributed by atoms with Crippen LogP contribution in [0.25, 0.3) is 0 Å². The van der Waals surface area contributed by atoms with E-state index in [0.29, 0.717) is 5.02 Å². The molecule has 0 saturated heterocycles. The zero-order valence-corrected chi connectivity index (χ0v) is 13.1. The third-order valence-corrected chi connectivity index (χ3v) is 5.44. The van der Waals surface area contributed by atoms with Crippen LogP contribution in [-0.4, -0.2) is 24.8 Å². The molecule has 3 nitrogen and oxygen atoms in total. The van der Waals surface area contributed by atoms with Gasteiger partial charge in [0.1, 0.15) is 4.90 Å². The molecule has 0 fully saturated rings. The van der Waals surface area contributed by atoms with Crippen LogP contribution < -0.4 is 0 Å². The molecule has 1 rings (SSSR count). The fraction of sp³-hybridized carbons (Fsp3) is 0.500. The lowest BCUT2D eigenvalue weighted by Gasteiger charge is -2.29. The van der Waals surface area contributed by atoms with Crippen LogP contribution in [0.15, 0.2) is 23.1 Å². The molecule has 1 aromatic carbocycles. The predicted molar refractivity (Wildman–Crippen MR) is 75.8 cm³/mol. The lowest BCUT2D eigenvalue weighted by Crippen LogP contribution is -2.42. The first-order valence-corrected chi connectivity index (χ1v) is 7.86. The van der Waals surface area contributed by atoms with E-state index in [0.717, 1.165) is 0 Å². The van der Waals surface area contributed by atoms with E-state index in [1.165, 1.54) is 22.5 Å². The third-order valence-electron chi connectivity index (χ3n) is 2.47. The van der Waals surface area contributed by atoms with E-state index >= 15 is 0 Å². The molecule has 0 aromatic heterocycles. The maximum Gasteiger partial charge on any atom is 0.245 e. The van der Waals surface area contributed by atoms with E-state index in [4.69, 9.17) is 23.2 Å². The Morgan fingerprint density at radius 2 is 1.56 bits per heavy atom. The first-order chi connectivity index (χ1) is 8.17. The molecule has 6 heteroatoms. The third kappa shape index (κ3) is 3.18. The lowest BCUT2D eigenvalue weighted by molar-refractivity contribution is 0.302. The summed E-state index contributed by atoms with van der Waals surface area (Å²) in [6.07, 6.45) is 0. The molecule has 0 bridgehead atoms. The standard InChI is InChI=1S/C12H17Cl2NO2S/c1-8(2)15(9(3)4)18(16,17)12-6-5-10(13)7-11(12)14/h5-9H,1-4H3. The van der Waals surface area contributed by atoms with Gasteiger partial charge >= 0.3 is 0 Å². The van der Waals surface area contributed by atoms with E-state index < -0.39 is 10.0 Å². The Morgan fingerprint density at radius 1 is 1.06 bits per heavy atom. The van der Waals surface area contributed by atoms with Crippen LogP contribution in [-0.2, 0) is 10.0 Å². The van der Waals surface area contributed by atoms with Crippen molar-refractivity contribution in [2.75, 3.05) is 0 Å². The fourth-order valence-electron chi connectivity index (χ4n) is 1.95. The SMILES string of the molecule is CC(C)N(C(C)C)S(=O)(=O)c1ccc(Cl)cc1Cl. The summed E-state index contributed by atoms with van der Waals surface area (Å²) >= 11 is 11.8. The summed E-state index contributed by atoms with van der Waals surface area (Å²) in [5.41, 5.74) is 0. The molecule has 0 aliphatic rings. The van der Waals surface area contributed by atoms with Gasteiger partial charge in [0.2, 0.25) is 10.0 Å². The van der Waals surface area contributed by atoms with Gasteiger partial charge in [-0.05, 0) is 45.9 Å². The predicted octanol–water partition coefficient (Wildman–Crippen LogP) is 3.80. The van der Waals surface area contributed by atoms with E-state index in [-0.39, 0.29) is 22.0 Å². The van der Waals surface area contributed by atoms with Crippen LogP contribution in [0.3, 0.4) is 0 Å². The molecule has 0 unspecified atom stereocenters. The topological polar surface area (TPSA) is 37.4 Å². The molecule has 102 valence electrons. The number of hydrogen-bond acceptors (Lipinski definition) is 2. The van der Waals surface area contributed by atoms with Gasteiger partial charge in [0, 0.05) is 17.1 Å². The van der Waals surface area contributed by atoms with Gasteiger partial charge in [-0.3, -0.25) is 0 Å². The maximum atomic E-state index is 12.5. The second kappa shape index (κ2) is 5.78. The van der Waals surface area contributed by atoms with Gasteiger partial charge in [-0.25, -0.2) is 8.42 Å². The normalized spacial score (nSPS) is 12.7. The van der Waals surface area contributed by atoms with E-state index in [2.05, 4.69) is 0 Å². The van der Waals surface area contributed by atoms with E-state index in [1.54, 1.807) is 0 Å². The molecule has 18 heavy (non-hydrogen) atoms. The minimum atomic E-state index is -3.60. The minimum Gasteiger partial charge on any atom is -0.207 e. The summed E-state index contributed by atoms with van der Waals surface area (Å²) in [6.45, 7) is 7.34. The highest BCUT2D eigenvalue weighted by atomic mass is 35.5. The van der Waals surface area contributed by atoms with Crippen molar-refractivity contribution in [1.82, 2.24) is 4.31 Å². The van der Waals surface area contributed by atoms with Crippen molar-refractivity contribution >= 4 is 33.2 Å². The molecule has 0 atom stereocenters. The van der Waals surface area contributed by atoms with E-state index in [9.17, 15) is 8.42 Å². The number of hydrogen-bond donors (Lipinski definition) is 0. The van der Waals surface area contributed by atoms with Crippen molar-refractivity contribution in [2.24, 2.45) is 0 Å². The number of benzene rings is 1. The van der Waals surface area contributed by atoms with Crippen LogP contribution in [0.5, 0.6) is 0 Å². The maximum absolute atomic E-state index is 12.5. The van der Waals surface area contributed by atoms with Gasteiger partial charge in [-0.2, -0.15) is 4.31 Å². The molecule has 0 saturated carbocycles. The Hall–Kier alpha value is -0.290. The van der Waals surface area contributed by atoms with E-state index in [1.807, 2.05) is 27.7 Å². The Kier molecular flexibility index (Phi) is 5.06. The van der Waals surface area contributed by atoms with Crippen LogP contribution in [0, 0.1) is 0 Å². The summed E-state index contributed by atoms with van der Waals surface area (Å²) < 4.78 is 26.5. The monoisotopic (exact) mass is 309 g/mol. The Bertz CT molecular complexity index is 519. The minimum absolute atomic E-state index is 0.0935. The van der Waals surface area contributed by atoms with Crippen molar-refractivity contribution in [3.05, 3.63) is 28.2 Å². The lowest BCUT2D eigenvalue weighted by atomic mass is 10.3. The van der Waals surface area contributed by atoms with Crippen molar-refractivity contribution in [1.29, 1.82) is 0 Å². The highest BCUT2D eigenvalue weighted by Gasteiger charge is 2.31. The number of nitrogens with zero attached hydrogens (tertiary/aromatic N) is 1. The van der Waals surface area contributed by atoms with Gasteiger partial charge in [-0.1, -0.05) is 23.2 Å². The average Bonchev–Trinajstić information content (AvgIpc) is 2.13. The Morgan fingerprint density at radius 3 is 1.94 bits per heavy atom. The second-order valence-electron chi connectivity index (χ2n) is 4.60. The fourth-order valence-corrected chi connectivity index (χ4v) is 4.53. The summed E-state index contributed by atoms with van der Waals surface area (Å²) in [5, 5.41) is 0.563. The molecule has 0 amide bonds. The van der Waals surface area contributed by atoms with Gasteiger partial charge in [-0.15, -0.1) is 0 Å². The number of rotatable bonds is 4. The molecule has 0 N–H and O–H groups in total. The van der Waals surface area contributed by atoms with Gasteiger partial charge in [0.05, 0.1) is 5.02 Å². The molecule has 0 aliphatic heterocycles. The van der Waals surface area contributed by atoms with Crippen LogP contribution in [0.4, 0.5) is 0 Å². The molecule has 0 radical (unpaired) electrons. The number of sulfonamides is 1. The summed E-state index contributed by atoms with van der Waals surface area (Å²) in [7, 11) is -3.60. The van der Waals surface area contributed by atoms with Gasteiger partial charge in [0.15, 0.2) is 0 Å². The Labute approximate surface area is 119 Å². The van der Waals surface area contributed by atoms with Crippen LogP contribution >= 0.6 is 23.2 Å². The zero-order valence-electron chi connectivity index (χ0n) is 10.8.